The molecule has 0 bridgehead atoms. The van der Waals surface area contributed by atoms with Gasteiger partial charge in [0.2, 0.25) is 5.91 Å². The molecule has 0 radical (unpaired) electrons. The maximum Gasteiger partial charge on any atom is 0.227 e. The van der Waals surface area contributed by atoms with Crippen molar-refractivity contribution in [2.45, 2.75) is 31.4 Å². The molecule has 1 amide bonds. The summed E-state index contributed by atoms with van der Waals surface area (Å²) in [5.74, 6) is -0.261. The van der Waals surface area contributed by atoms with E-state index in [4.69, 9.17) is 10.5 Å². The van der Waals surface area contributed by atoms with Crippen LogP contribution in [0.1, 0.15) is 30.9 Å². The molecule has 1 aliphatic carbocycles. The maximum atomic E-state index is 13.9. The fourth-order valence-electron chi connectivity index (χ4n) is 3.30. The molecular weight excluding hydrogens is 271 g/mol. The van der Waals surface area contributed by atoms with Gasteiger partial charge in [0.1, 0.15) is 11.9 Å². The first-order valence-electron chi connectivity index (χ1n) is 7.57. The second-order valence-corrected chi connectivity index (χ2v) is 5.87. The van der Waals surface area contributed by atoms with Crippen LogP contribution in [0, 0.1) is 11.7 Å². The van der Waals surface area contributed by atoms with Crippen molar-refractivity contribution in [1.29, 1.82) is 0 Å². The fraction of sp³-hybridized carbons (Fsp3) is 0.562. The monoisotopic (exact) mass is 292 g/mol. The van der Waals surface area contributed by atoms with Gasteiger partial charge >= 0.3 is 0 Å². The summed E-state index contributed by atoms with van der Waals surface area (Å²) in [6, 6.07) is 6.55. The highest BCUT2D eigenvalue weighted by atomic mass is 19.1. The standard InChI is InChI=1S/C16H21FN2O2/c17-13-6-2-1-4-11(13)15-10-19(8-9-21-15)16(20)12-5-3-7-14(12)18/h1-2,4,6,12,14-15H,3,5,7-10,18H2/t12-,14+,15+/m0/s1. The van der Waals surface area contributed by atoms with Crippen molar-refractivity contribution in [3.8, 4) is 0 Å². The number of amides is 1. The van der Waals surface area contributed by atoms with Gasteiger partial charge in [0, 0.05) is 18.2 Å². The van der Waals surface area contributed by atoms with E-state index in [1.54, 1.807) is 23.1 Å². The Bertz CT molecular complexity index is 523. The number of benzene rings is 1. The van der Waals surface area contributed by atoms with Crippen LogP contribution in [0.2, 0.25) is 0 Å². The lowest BCUT2D eigenvalue weighted by molar-refractivity contribution is -0.143. The Kier molecular flexibility index (Phi) is 4.22. The van der Waals surface area contributed by atoms with E-state index in [0.717, 1.165) is 19.3 Å². The zero-order valence-corrected chi connectivity index (χ0v) is 12.0. The zero-order valence-electron chi connectivity index (χ0n) is 12.0. The molecule has 21 heavy (non-hydrogen) atoms. The Balaban J connectivity index is 1.71. The summed E-state index contributed by atoms with van der Waals surface area (Å²) in [6.45, 7) is 1.41. The summed E-state index contributed by atoms with van der Waals surface area (Å²) >= 11 is 0. The second-order valence-electron chi connectivity index (χ2n) is 5.87. The lowest BCUT2D eigenvalue weighted by Crippen LogP contribution is -2.47. The van der Waals surface area contributed by atoms with E-state index in [1.165, 1.54) is 6.07 Å². The molecule has 1 saturated carbocycles. The Morgan fingerprint density at radius 3 is 2.86 bits per heavy atom. The average molecular weight is 292 g/mol. The van der Waals surface area contributed by atoms with Crippen LogP contribution >= 0.6 is 0 Å². The van der Waals surface area contributed by atoms with Gasteiger partial charge in [-0.1, -0.05) is 24.6 Å². The van der Waals surface area contributed by atoms with Crippen molar-refractivity contribution in [2.75, 3.05) is 19.7 Å². The van der Waals surface area contributed by atoms with E-state index in [2.05, 4.69) is 0 Å². The highest BCUT2D eigenvalue weighted by molar-refractivity contribution is 5.80. The summed E-state index contributed by atoms with van der Waals surface area (Å²) < 4.78 is 19.5. The number of nitrogens with two attached hydrogens (primary N) is 1. The number of halogens is 1. The predicted octanol–water partition coefficient (Wildman–Crippen LogP) is 1.85. The molecule has 2 N–H and O–H groups in total. The van der Waals surface area contributed by atoms with Crippen LogP contribution in [-0.2, 0) is 9.53 Å². The minimum absolute atomic E-state index is 0.0349. The van der Waals surface area contributed by atoms with Crippen molar-refractivity contribution in [3.05, 3.63) is 35.6 Å². The minimum Gasteiger partial charge on any atom is -0.370 e. The van der Waals surface area contributed by atoms with Crippen molar-refractivity contribution in [2.24, 2.45) is 11.7 Å². The smallest absolute Gasteiger partial charge is 0.227 e. The van der Waals surface area contributed by atoms with Gasteiger partial charge < -0.3 is 15.4 Å². The number of nitrogens with zero attached hydrogens (tertiary/aromatic N) is 1. The van der Waals surface area contributed by atoms with E-state index < -0.39 is 0 Å². The number of hydrogen-bond donors (Lipinski definition) is 1. The number of ether oxygens (including phenoxy) is 1. The van der Waals surface area contributed by atoms with Crippen LogP contribution in [0.15, 0.2) is 24.3 Å². The first-order valence-corrected chi connectivity index (χ1v) is 7.57. The molecule has 1 heterocycles. The summed E-state index contributed by atoms with van der Waals surface area (Å²) in [7, 11) is 0. The van der Waals surface area contributed by atoms with Gasteiger partial charge in [0.15, 0.2) is 0 Å². The van der Waals surface area contributed by atoms with Crippen molar-refractivity contribution >= 4 is 5.91 Å². The normalized spacial score (nSPS) is 29.6. The first kappa shape index (κ1) is 14.5. The predicted molar refractivity (Wildman–Crippen MR) is 77.0 cm³/mol. The third-order valence-electron chi connectivity index (χ3n) is 4.52. The van der Waals surface area contributed by atoms with Crippen LogP contribution < -0.4 is 5.73 Å². The molecule has 3 atom stereocenters. The van der Waals surface area contributed by atoms with Gasteiger partial charge in [0.25, 0.3) is 0 Å². The van der Waals surface area contributed by atoms with Gasteiger partial charge in [-0.3, -0.25) is 4.79 Å². The van der Waals surface area contributed by atoms with E-state index in [-0.39, 0.29) is 29.8 Å². The zero-order chi connectivity index (χ0) is 14.8. The van der Waals surface area contributed by atoms with E-state index in [0.29, 0.717) is 25.3 Å². The summed E-state index contributed by atoms with van der Waals surface area (Å²) in [6.07, 6.45) is 2.40. The van der Waals surface area contributed by atoms with E-state index in [1.807, 2.05) is 0 Å². The Hall–Kier alpha value is -1.46. The molecule has 5 heteroatoms. The highest BCUT2D eigenvalue weighted by Crippen LogP contribution is 2.29. The van der Waals surface area contributed by atoms with Crippen molar-refractivity contribution in [3.63, 3.8) is 0 Å². The molecule has 2 aliphatic rings. The first-order chi connectivity index (χ1) is 10.2. The number of morpholine rings is 1. The summed E-state index contributed by atoms with van der Waals surface area (Å²) in [5, 5.41) is 0. The lowest BCUT2D eigenvalue weighted by Gasteiger charge is -2.35. The number of carbonyl (C=O) groups excluding carboxylic acids is 1. The van der Waals surface area contributed by atoms with Gasteiger partial charge in [-0.15, -0.1) is 0 Å². The third kappa shape index (κ3) is 2.94. The number of hydrogen-bond acceptors (Lipinski definition) is 3. The van der Waals surface area contributed by atoms with Gasteiger partial charge in [-0.25, -0.2) is 4.39 Å². The molecule has 1 aliphatic heterocycles. The molecule has 4 nitrogen and oxygen atoms in total. The Labute approximate surface area is 124 Å². The van der Waals surface area contributed by atoms with E-state index >= 15 is 0 Å². The third-order valence-corrected chi connectivity index (χ3v) is 4.52. The fourth-order valence-corrected chi connectivity index (χ4v) is 3.30. The molecule has 2 fully saturated rings. The Morgan fingerprint density at radius 1 is 1.33 bits per heavy atom. The number of carbonyl (C=O) groups is 1. The lowest BCUT2D eigenvalue weighted by atomic mass is 10.0. The SMILES string of the molecule is N[C@@H]1CCC[C@@H]1C(=O)N1CCO[C@@H](c2ccccc2F)C1. The van der Waals surface area contributed by atoms with Crippen LogP contribution in [-0.4, -0.2) is 36.5 Å². The van der Waals surface area contributed by atoms with Crippen LogP contribution in [0.5, 0.6) is 0 Å². The highest BCUT2D eigenvalue weighted by Gasteiger charge is 2.36. The minimum atomic E-state index is -0.387. The molecule has 0 spiro atoms. The summed E-state index contributed by atoms with van der Waals surface area (Å²) in [4.78, 5) is 14.4. The molecule has 0 aromatic heterocycles. The second kappa shape index (κ2) is 6.12. The molecule has 1 aromatic rings. The molecule has 1 saturated heterocycles. The van der Waals surface area contributed by atoms with E-state index in [9.17, 15) is 9.18 Å². The number of rotatable bonds is 2. The topological polar surface area (TPSA) is 55.6 Å². The van der Waals surface area contributed by atoms with Crippen molar-refractivity contribution < 1.29 is 13.9 Å². The van der Waals surface area contributed by atoms with Gasteiger partial charge in [0.05, 0.1) is 19.1 Å². The average Bonchev–Trinajstić information content (AvgIpc) is 2.93. The van der Waals surface area contributed by atoms with Gasteiger partial charge in [-0.2, -0.15) is 0 Å². The van der Waals surface area contributed by atoms with Gasteiger partial charge in [-0.05, 0) is 18.9 Å². The maximum absolute atomic E-state index is 13.9. The van der Waals surface area contributed by atoms with Crippen LogP contribution in [0.3, 0.4) is 0 Å². The summed E-state index contributed by atoms with van der Waals surface area (Å²) in [5.41, 5.74) is 6.54. The quantitative estimate of drug-likeness (QED) is 0.905. The van der Waals surface area contributed by atoms with Crippen molar-refractivity contribution in [1.82, 2.24) is 4.90 Å². The Morgan fingerprint density at radius 2 is 2.14 bits per heavy atom. The molecule has 0 unspecified atom stereocenters. The largest absolute Gasteiger partial charge is 0.370 e. The molecule has 114 valence electrons. The van der Waals surface area contributed by atoms with Crippen LogP contribution in [0.25, 0.3) is 0 Å². The molecular formula is C16H21FN2O2. The molecule has 3 rings (SSSR count). The van der Waals surface area contributed by atoms with Crippen LogP contribution in [0.4, 0.5) is 4.39 Å². The molecule has 1 aromatic carbocycles.